The second-order valence-corrected chi connectivity index (χ2v) is 13.2. The Morgan fingerprint density at radius 2 is 1.19 bits per heavy atom. The molecule has 1 N–H and O–H groups in total. The highest BCUT2D eigenvalue weighted by atomic mass is 15.4. The average Bonchev–Trinajstić information content (AvgIpc) is 3.43. The zero-order valence-corrected chi connectivity index (χ0v) is 26.7. The lowest BCUT2D eigenvalue weighted by molar-refractivity contribution is 0.557. The van der Waals surface area contributed by atoms with E-state index in [2.05, 4.69) is 182 Å². The number of nitrogens with one attached hydrogen (secondary N) is 1. The third-order valence-electron chi connectivity index (χ3n) is 10.2. The number of benzene rings is 7. The fourth-order valence-electron chi connectivity index (χ4n) is 7.87. The van der Waals surface area contributed by atoms with Gasteiger partial charge in [0.2, 0.25) is 0 Å². The molecule has 0 amide bonds. The Morgan fingerprint density at radius 1 is 0.617 bits per heavy atom. The zero-order valence-electron chi connectivity index (χ0n) is 26.7. The predicted octanol–water partition coefficient (Wildman–Crippen LogP) is 12.1. The second-order valence-electron chi connectivity index (χ2n) is 13.2. The van der Waals surface area contributed by atoms with Gasteiger partial charge in [-0.05, 0) is 104 Å². The van der Waals surface area contributed by atoms with Gasteiger partial charge >= 0.3 is 0 Å². The van der Waals surface area contributed by atoms with Gasteiger partial charge in [-0.25, -0.2) is 0 Å². The summed E-state index contributed by atoms with van der Waals surface area (Å²) in [6.45, 7) is 4.58. The Balaban J connectivity index is 1.20. The fraction of sp³-hybridized carbons (Fsp3) is 0.111. The van der Waals surface area contributed by atoms with E-state index in [1.165, 1.54) is 71.5 Å². The van der Waals surface area contributed by atoms with Gasteiger partial charge in [-0.2, -0.15) is 0 Å². The summed E-state index contributed by atoms with van der Waals surface area (Å²) in [5, 5.41) is 11.5. The molecule has 2 aliphatic rings. The molecule has 2 unspecified atom stereocenters. The van der Waals surface area contributed by atoms with E-state index in [0.717, 1.165) is 12.1 Å². The number of hydrogen-bond donors (Lipinski definition) is 1. The Hall–Kier alpha value is -5.60. The van der Waals surface area contributed by atoms with Crippen molar-refractivity contribution in [3.05, 3.63) is 169 Å². The van der Waals surface area contributed by atoms with Crippen LogP contribution in [0.1, 0.15) is 25.8 Å². The maximum Gasteiger partial charge on any atom is 0.138 e. The molecule has 0 bridgehead atoms. The number of fused-ring (bicyclic) bond motifs is 4. The molecule has 2 nitrogen and oxygen atoms in total. The third kappa shape index (κ3) is 4.40. The first-order valence-corrected chi connectivity index (χ1v) is 16.7. The number of hydrogen-bond acceptors (Lipinski definition) is 2. The van der Waals surface area contributed by atoms with Crippen LogP contribution >= 0.6 is 0 Å². The maximum atomic E-state index is 3.89. The van der Waals surface area contributed by atoms with E-state index < -0.39 is 5.66 Å². The smallest absolute Gasteiger partial charge is 0.138 e. The van der Waals surface area contributed by atoms with Crippen molar-refractivity contribution in [2.45, 2.75) is 25.9 Å². The Bertz CT molecular complexity index is 2340. The van der Waals surface area contributed by atoms with Gasteiger partial charge in [-0.3, -0.25) is 0 Å². The van der Waals surface area contributed by atoms with Crippen molar-refractivity contribution in [1.29, 1.82) is 0 Å². The van der Waals surface area contributed by atoms with Crippen LogP contribution in [-0.4, -0.2) is 0 Å². The zero-order chi connectivity index (χ0) is 31.5. The van der Waals surface area contributed by atoms with Crippen LogP contribution in [0.4, 0.5) is 11.4 Å². The normalized spacial score (nSPS) is 18.8. The van der Waals surface area contributed by atoms with Crippen molar-refractivity contribution in [3.8, 4) is 22.3 Å². The fourth-order valence-corrected chi connectivity index (χ4v) is 7.87. The van der Waals surface area contributed by atoms with Crippen molar-refractivity contribution in [2.75, 3.05) is 10.2 Å². The van der Waals surface area contributed by atoms with E-state index in [0.29, 0.717) is 5.92 Å². The molecule has 0 fully saturated rings. The minimum Gasteiger partial charge on any atom is -0.357 e. The van der Waals surface area contributed by atoms with Gasteiger partial charge in [0.05, 0.1) is 11.4 Å². The van der Waals surface area contributed by atoms with Crippen LogP contribution in [0.3, 0.4) is 0 Å². The van der Waals surface area contributed by atoms with Gasteiger partial charge in [0, 0.05) is 5.70 Å². The summed E-state index contributed by atoms with van der Waals surface area (Å²) in [4.78, 5) is 2.48. The van der Waals surface area contributed by atoms with Gasteiger partial charge < -0.3 is 10.2 Å². The first-order valence-electron chi connectivity index (χ1n) is 16.7. The van der Waals surface area contributed by atoms with Crippen LogP contribution in [0.15, 0.2) is 163 Å². The van der Waals surface area contributed by atoms with Crippen LogP contribution < -0.4 is 10.2 Å². The van der Waals surface area contributed by atoms with E-state index in [-0.39, 0.29) is 0 Å². The molecule has 0 radical (unpaired) electrons. The quantitative estimate of drug-likeness (QED) is 0.201. The monoisotopic (exact) mass is 604 g/mol. The molecule has 0 saturated carbocycles. The van der Waals surface area contributed by atoms with Crippen molar-refractivity contribution >= 4 is 43.7 Å². The van der Waals surface area contributed by atoms with Crippen molar-refractivity contribution in [2.24, 2.45) is 5.92 Å². The van der Waals surface area contributed by atoms with Crippen molar-refractivity contribution in [1.82, 2.24) is 0 Å². The number of nitrogens with zero attached hydrogens (tertiary/aromatic N) is 1. The van der Waals surface area contributed by atoms with Gasteiger partial charge in [0.15, 0.2) is 0 Å². The lowest BCUT2D eigenvalue weighted by Gasteiger charge is -2.39. The van der Waals surface area contributed by atoms with Gasteiger partial charge in [0.25, 0.3) is 0 Å². The number of rotatable bonds is 4. The molecule has 0 aromatic heterocycles. The highest BCUT2D eigenvalue weighted by Crippen LogP contribution is 2.49. The second kappa shape index (κ2) is 10.7. The summed E-state index contributed by atoms with van der Waals surface area (Å²) in [6.07, 6.45) is 8.06. The molecule has 226 valence electrons. The van der Waals surface area contributed by atoms with E-state index in [1.54, 1.807) is 0 Å². The van der Waals surface area contributed by atoms with E-state index in [1.807, 2.05) is 0 Å². The van der Waals surface area contributed by atoms with E-state index >= 15 is 0 Å². The number of anilines is 2. The molecule has 1 aliphatic carbocycles. The topological polar surface area (TPSA) is 15.3 Å². The highest BCUT2D eigenvalue weighted by molar-refractivity contribution is 6.21. The first kappa shape index (κ1) is 27.7. The minimum atomic E-state index is -0.428. The molecule has 1 aliphatic heterocycles. The minimum absolute atomic E-state index is 0.428. The van der Waals surface area contributed by atoms with E-state index in [4.69, 9.17) is 0 Å². The molecular weight excluding hydrogens is 569 g/mol. The molecule has 7 aromatic rings. The maximum absolute atomic E-state index is 3.89. The summed E-state index contributed by atoms with van der Waals surface area (Å²) in [7, 11) is 0. The number of para-hydroxylation sites is 2. The standard InChI is InChI=1S/C45H36N2/c1-30-19-27-36(28-20-30)47-42-18-10-9-17-41(42)46-45(47,2)35-25-23-32(24-26-35)43-37-13-5-7-15-39(37)44(40-16-8-6-14-38(40)43)34-22-21-31-11-3-4-12-33(31)29-34/h3-19,21-30,46H,20H2,1-2H3. The van der Waals surface area contributed by atoms with Crippen LogP contribution in [-0.2, 0) is 5.66 Å². The Labute approximate surface area is 276 Å². The molecule has 1 heterocycles. The first-order chi connectivity index (χ1) is 23.1. The lowest BCUT2D eigenvalue weighted by Crippen LogP contribution is -2.44. The molecule has 9 rings (SSSR count). The summed E-state index contributed by atoms with van der Waals surface area (Å²) in [5.41, 5.74) is 9.47. The average molecular weight is 605 g/mol. The lowest BCUT2D eigenvalue weighted by atomic mass is 9.85. The molecule has 2 heteroatoms. The van der Waals surface area contributed by atoms with Gasteiger partial charge in [-0.1, -0.05) is 140 Å². The molecule has 0 saturated heterocycles. The highest BCUT2D eigenvalue weighted by Gasteiger charge is 2.42. The van der Waals surface area contributed by atoms with Crippen molar-refractivity contribution in [3.63, 3.8) is 0 Å². The van der Waals surface area contributed by atoms with E-state index in [9.17, 15) is 0 Å². The van der Waals surface area contributed by atoms with Crippen LogP contribution in [0, 0.1) is 5.92 Å². The summed E-state index contributed by atoms with van der Waals surface area (Å²) in [6, 6.07) is 51.3. The van der Waals surface area contributed by atoms with Crippen LogP contribution in [0.5, 0.6) is 0 Å². The largest absolute Gasteiger partial charge is 0.357 e. The SMILES string of the molecule is CC1C=CC(N2c3ccccc3NC2(C)c2ccc(-c3c4ccccc4c(-c4ccc5ccccc5c4)c4ccccc34)cc2)=CC1. The molecule has 47 heavy (non-hydrogen) atoms. The van der Waals surface area contributed by atoms with Crippen molar-refractivity contribution < 1.29 is 0 Å². The van der Waals surface area contributed by atoms with Gasteiger partial charge in [-0.15, -0.1) is 0 Å². The molecule has 0 spiro atoms. The molecule has 7 aromatic carbocycles. The number of allylic oxidation sites excluding steroid dienone is 3. The Morgan fingerprint density at radius 3 is 1.85 bits per heavy atom. The van der Waals surface area contributed by atoms with Crippen LogP contribution in [0.2, 0.25) is 0 Å². The predicted molar refractivity (Wildman–Crippen MR) is 201 cm³/mol. The van der Waals surface area contributed by atoms with Crippen LogP contribution in [0.25, 0.3) is 54.6 Å². The molecular formula is C45H36N2. The Kier molecular flexibility index (Phi) is 6.33. The summed E-state index contributed by atoms with van der Waals surface area (Å²) >= 11 is 0. The summed E-state index contributed by atoms with van der Waals surface area (Å²) in [5.74, 6) is 0.562. The molecule has 2 atom stereocenters. The third-order valence-corrected chi connectivity index (χ3v) is 10.2. The van der Waals surface area contributed by atoms with Gasteiger partial charge in [0.1, 0.15) is 5.66 Å². The summed E-state index contributed by atoms with van der Waals surface area (Å²) < 4.78 is 0.